The van der Waals surface area contributed by atoms with E-state index in [2.05, 4.69) is 17.6 Å². The van der Waals surface area contributed by atoms with Crippen LogP contribution >= 0.6 is 0 Å². The summed E-state index contributed by atoms with van der Waals surface area (Å²) >= 11 is 0. The number of carbonyl (C=O) groups excluding carboxylic acids is 1. The summed E-state index contributed by atoms with van der Waals surface area (Å²) in [5, 5.41) is 6.47. The smallest absolute Gasteiger partial charge is 0.220 e. The summed E-state index contributed by atoms with van der Waals surface area (Å²) in [5.41, 5.74) is 1.17. The Morgan fingerprint density at radius 1 is 1.41 bits per heavy atom. The molecule has 0 bridgehead atoms. The van der Waals surface area contributed by atoms with Crippen molar-refractivity contribution in [2.24, 2.45) is 5.92 Å². The topological polar surface area (TPSA) is 50.4 Å². The van der Waals surface area contributed by atoms with Gasteiger partial charge in [0.05, 0.1) is 7.11 Å². The van der Waals surface area contributed by atoms with Crippen LogP contribution in [0.1, 0.15) is 44.1 Å². The molecule has 2 N–H and O–H groups in total. The third-order valence-electron chi connectivity index (χ3n) is 4.45. The van der Waals surface area contributed by atoms with E-state index < -0.39 is 0 Å². The third-order valence-corrected chi connectivity index (χ3v) is 4.45. The SMILES string of the molecule is COc1ccc(C(C)CC(=O)NCCC2CCCNC2)cc1. The second-order valence-corrected chi connectivity index (χ2v) is 6.23. The van der Waals surface area contributed by atoms with Crippen LogP contribution in [-0.4, -0.2) is 32.7 Å². The van der Waals surface area contributed by atoms with Crippen molar-refractivity contribution in [3.63, 3.8) is 0 Å². The Bertz CT molecular complexity index is 453. The van der Waals surface area contributed by atoms with E-state index in [9.17, 15) is 4.79 Å². The van der Waals surface area contributed by atoms with Crippen LogP contribution in [0.3, 0.4) is 0 Å². The molecule has 1 fully saturated rings. The summed E-state index contributed by atoms with van der Waals surface area (Å²) in [7, 11) is 1.66. The highest BCUT2D eigenvalue weighted by Crippen LogP contribution is 2.21. The lowest BCUT2D eigenvalue weighted by Gasteiger charge is -2.22. The van der Waals surface area contributed by atoms with Gasteiger partial charge in [-0.25, -0.2) is 0 Å². The second kappa shape index (κ2) is 8.79. The number of nitrogens with one attached hydrogen (secondary N) is 2. The highest BCUT2D eigenvalue weighted by atomic mass is 16.5. The number of methoxy groups -OCH3 is 1. The standard InChI is InChI=1S/C18H28N2O2/c1-14(16-5-7-17(22-2)8-6-16)12-18(21)20-11-9-15-4-3-10-19-13-15/h5-8,14-15,19H,3-4,9-13H2,1-2H3,(H,20,21). The van der Waals surface area contributed by atoms with Crippen molar-refractivity contribution in [3.05, 3.63) is 29.8 Å². The van der Waals surface area contributed by atoms with Gasteiger partial charge in [-0.05, 0) is 61.9 Å². The van der Waals surface area contributed by atoms with Crippen molar-refractivity contribution in [2.75, 3.05) is 26.7 Å². The van der Waals surface area contributed by atoms with Gasteiger partial charge in [-0.2, -0.15) is 0 Å². The lowest BCUT2D eigenvalue weighted by molar-refractivity contribution is -0.121. The molecule has 122 valence electrons. The van der Waals surface area contributed by atoms with E-state index in [1.807, 2.05) is 24.3 Å². The molecule has 1 aromatic rings. The molecule has 1 saturated heterocycles. The summed E-state index contributed by atoms with van der Waals surface area (Å²) in [6, 6.07) is 7.95. The zero-order valence-electron chi connectivity index (χ0n) is 13.7. The Labute approximate surface area is 133 Å². The van der Waals surface area contributed by atoms with Crippen molar-refractivity contribution < 1.29 is 9.53 Å². The van der Waals surface area contributed by atoms with Gasteiger partial charge in [0.15, 0.2) is 0 Å². The molecule has 4 nitrogen and oxygen atoms in total. The molecule has 1 aliphatic rings. The van der Waals surface area contributed by atoms with Gasteiger partial charge in [0.2, 0.25) is 5.91 Å². The molecule has 0 spiro atoms. The van der Waals surface area contributed by atoms with Crippen molar-refractivity contribution in [3.8, 4) is 5.75 Å². The maximum Gasteiger partial charge on any atom is 0.220 e. The average molecular weight is 304 g/mol. The normalized spacial score (nSPS) is 19.5. The molecule has 2 atom stereocenters. The number of amides is 1. The van der Waals surface area contributed by atoms with Crippen LogP contribution in [0.4, 0.5) is 0 Å². The third kappa shape index (κ3) is 5.34. The first kappa shape index (κ1) is 16.8. The van der Waals surface area contributed by atoms with Crippen LogP contribution in [0, 0.1) is 5.92 Å². The molecule has 0 aliphatic carbocycles. The minimum Gasteiger partial charge on any atom is -0.497 e. The van der Waals surface area contributed by atoms with Crippen molar-refractivity contribution in [2.45, 2.75) is 38.5 Å². The van der Waals surface area contributed by atoms with Crippen LogP contribution in [0.5, 0.6) is 5.75 Å². The predicted molar refractivity (Wildman–Crippen MR) is 89.2 cm³/mol. The first-order valence-electron chi connectivity index (χ1n) is 8.30. The maximum absolute atomic E-state index is 12.0. The highest BCUT2D eigenvalue weighted by Gasteiger charge is 2.14. The quantitative estimate of drug-likeness (QED) is 0.814. The monoisotopic (exact) mass is 304 g/mol. The molecule has 1 amide bonds. The van der Waals surface area contributed by atoms with Crippen LogP contribution in [0.15, 0.2) is 24.3 Å². The molecule has 2 unspecified atom stereocenters. The fourth-order valence-electron chi connectivity index (χ4n) is 2.99. The molecule has 4 heteroatoms. The van der Waals surface area contributed by atoms with Gasteiger partial charge < -0.3 is 15.4 Å². The number of hydrogen-bond acceptors (Lipinski definition) is 3. The highest BCUT2D eigenvalue weighted by molar-refractivity contribution is 5.76. The molecule has 0 radical (unpaired) electrons. The lowest BCUT2D eigenvalue weighted by Crippen LogP contribution is -2.33. The molecular formula is C18H28N2O2. The summed E-state index contributed by atoms with van der Waals surface area (Å²) < 4.78 is 5.16. The molecule has 1 aromatic carbocycles. The van der Waals surface area contributed by atoms with Gasteiger partial charge in [-0.1, -0.05) is 19.1 Å². The van der Waals surface area contributed by atoms with E-state index in [4.69, 9.17) is 4.74 Å². The lowest BCUT2D eigenvalue weighted by atomic mass is 9.95. The largest absolute Gasteiger partial charge is 0.497 e. The van der Waals surface area contributed by atoms with E-state index >= 15 is 0 Å². The summed E-state index contributed by atoms with van der Waals surface area (Å²) in [5.74, 6) is 1.93. The molecule has 1 heterocycles. The Morgan fingerprint density at radius 2 is 2.18 bits per heavy atom. The first-order valence-corrected chi connectivity index (χ1v) is 8.30. The molecule has 1 aliphatic heterocycles. The second-order valence-electron chi connectivity index (χ2n) is 6.23. The van der Waals surface area contributed by atoms with E-state index in [1.165, 1.54) is 18.4 Å². The van der Waals surface area contributed by atoms with Crippen molar-refractivity contribution in [1.29, 1.82) is 0 Å². The molecule has 0 saturated carbocycles. The number of piperidine rings is 1. The minimum atomic E-state index is 0.145. The fourth-order valence-corrected chi connectivity index (χ4v) is 2.99. The Balaban J connectivity index is 1.68. The van der Waals surface area contributed by atoms with Crippen molar-refractivity contribution >= 4 is 5.91 Å². The summed E-state index contributed by atoms with van der Waals surface area (Å²) in [4.78, 5) is 12.0. The number of carbonyl (C=O) groups is 1. The summed E-state index contributed by atoms with van der Waals surface area (Å²) in [6.45, 7) is 5.12. The molecule has 0 aromatic heterocycles. The molecule has 22 heavy (non-hydrogen) atoms. The van der Waals surface area contributed by atoms with Gasteiger partial charge in [0.1, 0.15) is 5.75 Å². The molecule has 2 rings (SSSR count). The number of ether oxygens (including phenoxy) is 1. The fraction of sp³-hybridized carbons (Fsp3) is 0.611. The van der Waals surface area contributed by atoms with Crippen LogP contribution < -0.4 is 15.4 Å². The Morgan fingerprint density at radius 3 is 2.82 bits per heavy atom. The Hall–Kier alpha value is -1.55. The minimum absolute atomic E-state index is 0.145. The van der Waals surface area contributed by atoms with E-state index in [0.717, 1.165) is 31.8 Å². The zero-order valence-corrected chi connectivity index (χ0v) is 13.7. The van der Waals surface area contributed by atoms with E-state index in [0.29, 0.717) is 12.3 Å². The van der Waals surface area contributed by atoms with Crippen LogP contribution in [-0.2, 0) is 4.79 Å². The zero-order chi connectivity index (χ0) is 15.8. The van der Waals surface area contributed by atoms with E-state index in [-0.39, 0.29) is 11.8 Å². The average Bonchev–Trinajstić information content (AvgIpc) is 2.56. The Kier molecular flexibility index (Phi) is 6.72. The van der Waals surface area contributed by atoms with Crippen LogP contribution in [0.25, 0.3) is 0 Å². The predicted octanol–water partition coefficient (Wildman–Crippen LogP) is 2.69. The van der Waals surface area contributed by atoms with Crippen molar-refractivity contribution in [1.82, 2.24) is 10.6 Å². The maximum atomic E-state index is 12.0. The first-order chi connectivity index (χ1) is 10.7. The van der Waals surface area contributed by atoms with Gasteiger partial charge in [-0.3, -0.25) is 4.79 Å². The number of rotatable bonds is 7. The van der Waals surface area contributed by atoms with E-state index in [1.54, 1.807) is 7.11 Å². The molecular weight excluding hydrogens is 276 g/mol. The number of benzene rings is 1. The van der Waals surface area contributed by atoms with Gasteiger partial charge in [-0.15, -0.1) is 0 Å². The van der Waals surface area contributed by atoms with Gasteiger partial charge in [0, 0.05) is 13.0 Å². The van der Waals surface area contributed by atoms with Gasteiger partial charge >= 0.3 is 0 Å². The van der Waals surface area contributed by atoms with Gasteiger partial charge in [0.25, 0.3) is 0 Å². The van der Waals surface area contributed by atoms with Crippen LogP contribution in [0.2, 0.25) is 0 Å². The summed E-state index contributed by atoms with van der Waals surface area (Å²) in [6.07, 6.45) is 4.16. The number of hydrogen-bond donors (Lipinski definition) is 2.